The maximum Gasteiger partial charge on any atom is 0.279 e. The molecule has 2 aromatic carbocycles. The molecular weight excluding hydrogens is 380 g/mol. The first kappa shape index (κ1) is 23.3. The molecule has 0 aliphatic carbocycles. The van der Waals surface area contributed by atoms with Crippen LogP contribution in [0.5, 0.6) is 11.5 Å². The molecule has 6 nitrogen and oxygen atoms in total. The van der Waals surface area contributed by atoms with Gasteiger partial charge in [0, 0.05) is 0 Å². The topological polar surface area (TPSA) is 76.7 Å². The van der Waals surface area contributed by atoms with Crippen LogP contribution in [-0.2, 0) is 9.59 Å². The van der Waals surface area contributed by atoms with Gasteiger partial charge in [0.2, 0.25) is 0 Å². The molecule has 2 unspecified atom stereocenters. The minimum absolute atomic E-state index is 0.197. The lowest BCUT2D eigenvalue weighted by molar-refractivity contribution is -0.134. The molecule has 2 amide bonds. The number of rotatable bonds is 9. The summed E-state index contributed by atoms with van der Waals surface area (Å²) in [6.07, 6.45) is 0.728. The molecule has 0 saturated carbocycles. The van der Waals surface area contributed by atoms with Gasteiger partial charge >= 0.3 is 0 Å². The lowest BCUT2D eigenvalue weighted by Gasteiger charge is -2.21. The van der Waals surface area contributed by atoms with Crippen LogP contribution in [0.3, 0.4) is 0 Å². The summed E-state index contributed by atoms with van der Waals surface area (Å²) >= 11 is 0. The van der Waals surface area contributed by atoms with E-state index in [1.165, 1.54) is 0 Å². The van der Waals surface area contributed by atoms with Gasteiger partial charge in [-0.25, -0.2) is 0 Å². The highest BCUT2D eigenvalue weighted by molar-refractivity contribution is 5.85. The number of aryl methyl sites for hydroxylation is 2. The summed E-state index contributed by atoms with van der Waals surface area (Å²) in [5.41, 5.74) is 8.00. The second-order valence-electron chi connectivity index (χ2n) is 7.51. The third kappa shape index (κ3) is 6.79. The zero-order chi connectivity index (χ0) is 22.1. The molecular formula is C24H32N2O4. The molecule has 0 spiro atoms. The van der Waals surface area contributed by atoms with Gasteiger partial charge < -0.3 is 9.47 Å². The lowest BCUT2D eigenvalue weighted by Crippen LogP contribution is -2.49. The largest absolute Gasteiger partial charge is 0.484 e. The van der Waals surface area contributed by atoms with Crippen LogP contribution >= 0.6 is 0 Å². The highest BCUT2D eigenvalue weighted by Crippen LogP contribution is 2.29. The van der Waals surface area contributed by atoms with E-state index in [1.54, 1.807) is 0 Å². The fourth-order valence-electron chi connectivity index (χ4n) is 3.10. The van der Waals surface area contributed by atoms with E-state index in [0.29, 0.717) is 23.8 Å². The van der Waals surface area contributed by atoms with Crippen molar-refractivity contribution in [3.8, 4) is 11.5 Å². The molecule has 2 N–H and O–H groups in total. The van der Waals surface area contributed by atoms with Gasteiger partial charge in [-0.1, -0.05) is 45.0 Å². The predicted octanol–water partition coefficient (Wildman–Crippen LogP) is 4.20. The van der Waals surface area contributed by atoms with Gasteiger partial charge in [0.25, 0.3) is 11.8 Å². The quantitative estimate of drug-likeness (QED) is 0.605. The van der Waals surface area contributed by atoms with Crippen LogP contribution in [0.1, 0.15) is 56.2 Å². The number of amides is 2. The van der Waals surface area contributed by atoms with E-state index in [0.717, 1.165) is 23.1 Å². The van der Waals surface area contributed by atoms with Gasteiger partial charge in [-0.05, 0) is 67.5 Å². The van der Waals surface area contributed by atoms with E-state index in [2.05, 4.69) is 24.7 Å². The van der Waals surface area contributed by atoms with Crippen molar-refractivity contribution in [1.82, 2.24) is 10.9 Å². The van der Waals surface area contributed by atoms with Crippen molar-refractivity contribution in [1.29, 1.82) is 0 Å². The smallest absolute Gasteiger partial charge is 0.279 e. The maximum atomic E-state index is 12.5. The molecule has 2 atom stereocenters. The molecule has 0 heterocycles. The van der Waals surface area contributed by atoms with E-state index in [1.807, 2.05) is 63.2 Å². The second kappa shape index (κ2) is 11.2. The molecule has 0 saturated heterocycles. The summed E-state index contributed by atoms with van der Waals surface area (Å²) in [4.78, 5) is 24.6. The zero-order valence-electron chi connectivity index (χ0n) is 18.5. The van der Waals surface area contributed by atoms with Gasteiger partial charge in [-0.2, -0.15) is 0 Å². The van der Waals surface area contributed by atoms with Crippen LogP contribution in [0.15, 0.2) is 42.5 Å². The number of carbonyl (C=O) groups excluding carboxylic acids is 2. The number of hydrazine groups is 1. The maximum absolute atomic E-state index is 12.5. The average molecular weight is 413 g/mol. The van der Waals surface area contributed by atoms with Crippen molar-refractivity contribution in [2.75, 3.05) is 6.61 Å². The van der Waals surface area contributed by atoms with Crippen molar-refractivity contribution in [3.63, 3.8) is 0 Å². The van der Waals surface area contributed by atoms with Gasteiger partial charge in [-0.3, -0.25) is 20.4 Å². The number of hydrogen-bond acceptors (Lipinski definition) is 4. The SMILES string of the molecule is CCC(Oc1ccccc1C(C)CC)C(=O)NNC(=O)COc1cc(C)cc(C)c1. The highest BCUT2D eigenvalue weighted by Gasteiger charge is 2.21. The van der Waals surface area contributed by atoms with E-state index in [-0.39, 0.29) is 6.61 Å². The fraction of sp³-hybridized carbons (Fsp3) is 0.417. The van der Waals surface area contributed by atoms with Gasteiger partial charge in [-0.15, -0.1) is 0 Å². The lowest BCUT2D eigenvalue weighted by atomic mass is 9.98. The first-order valence-electron chi connectivity index (χ1n) is 10.4. The number of hydrogen-bond donors (Lipinski definition) is 2. The summed E-state index contributed by atoms with van der Waals surface area (Å²) in [6, 6.07) is 13.5. The molecule has 0 fully saturated rings. The Labute approximate surface area is 178 Å². The fourth-order valence-corrected chi connectivity index (χ4v) is 3.10. The summed E-state index contributed by atoms with van der Waals surface area (Å²) in [5.74, 6) is 0.779. The number of nitrogens with one attached hydrogen (secondary N) is 2. The van der Waals surface area contributed by atoms with Crippen LogP contribution in [0, 0.1) is 13.8 Å². The molecule has 0 radical (unpaired) electrons. The molecule has 30 heavy (non-hydrogen) atoms. The minimum Gasteiger partial charge on any atom is -0.484 e. The molecule has 6 heteroatoms. The normalized spacial score (nSPS) is 12.6. The molecule has 162 valence electrons. The van der Waals surface area contributed by atoms with E-state index in [9.17, 15) is 9.59 Å². The third-order valence-corrected chi connectivity index (χ3v) is 4.89. The molecule has 0 bridgehead atoms. The Morgan fingerprint density at radius 3 is 2.27 bits per heavy atom. The molecule has 2 rings (SSSR count). The first-order valence-corrected chi connectivity index (χ1v) is 10.4. The van der Waals surface area contributed by atoms with Gasteiger partial charge in [0.15, 0.2) is 12.7 Å². The van der Waals surface area contributed by atoms with Gasteiger partial charge in [0.05, 0.1) is 0 Å². The van der Waals surface area contributed by atoms with Crippen LogP contribution in [0.2, 0.25) is 0 Å². The van der Waals surface area contributed by atoms with E-state index < -0.39 is 17.9 Å². The highest BCUT2D eigenvalue weighted by atomic mass is 16.5. The van der Waals surface area contributed by atoms with Crippen LogP contribution in [-0.4, -0.2) is 24.5 Å². The van der Waals surface area contributed by atoms with Gasteiger partial charge in [0.1, 0.15) is 11.5 Å². The minimum atomic E-state index is -0.712. The summed E-state index contributed by atoms with van der Waals surface area (Å²) in [5, 5.41) is 0. The van der Waals surface area contributed by atoms with Crippen LogP contribution < -0.4 is 20.3 Å². The van der Waals surface area contributed by atoms with Crippen molar-refractivity contribution >= 4 is 11.8 Å². The molecule has 0 aliphatic rings. The second-order valence-corrected chi connectivity index (χ2v) is 7.51. The Morgan fingerprint density at radius 1 is 0.967 bits per heavy atom. The Bertz CT molecular complexity index is 846. The third-order valence-electron chi connectivity index (χ3n) is 4.89. The van der Waals surface area contributed by atoms with Crippen molar-refractivity contribution < 1.29 is 19.1 Å². The summed E-state index contributed by atoms with van der Waals surface area (Å²) in [6.45, 7) is 9.83. The number of ether oxygens (including phenoxy) is 2. The van der Waals surface area contributed by atoms with Crippen LogP contribution in [0.25, 0.3) is 0 Å². The molecule has 0 aromatic heterocycles. The van der Waals surface area contributed by atoms with E-state index >= 15 is 0 Å². The number of benzene rings is 2. The van der Waals surface area contributed by atoms with Crippen LogP contribution in [0.4, 0.5) is 0 Å². The Kier molecular flexibility index (Phi) is 8.71. The monoisotopic (exact) mass is 412 g/mol. The standard InChI is InChI=1S/C24H32N2O4/c1-6-18(5)20-10-8-9-11-22(20)30-21(7-2)24(28)26-25-23(27)15-29-19-13-16(3)12-17(4)14-19/h8-14,18,21H,6-7,15H2,1-5H3,(H,25,27)(H,26,28). The Balaban J connectivity index is 1.89. The van der Waals surface area contributed by atoms with Crippen molar-refractivity contribution in [3.05, 3.63) is 59.2 Å². The number of para-hydroxylation sites is 1. The zero-order valence-corrected chi connectivity index (χ0v) is 18.5. The molecule has 0 aliphatic heterocycles. The van der Waals surface area contributed by atoms with Crippen molar-refractivity contribution in [2.24, 2.45) is 0 Å². The summed E-state index contributed by atoms with van der Waals surface area (Å²) < 4.78 is 11.5. The average Bonchev–Trinajstić information content (AvgIpc) is 2.73. The Hall–Kier alpha value is -3.02. The number of carbonyl (C=O) groups is 2. The summed E-state index contributed by atoms with van der Waals surface area (Å²) in [7, 11) is 0. The van der Waals surface area contributed by atoms with E-state index in [4.69, 9.17) is 9.47 Å². The Morgan fingerprint density at radius 2 is 1.63 bits per heavy atom. The first-order chi connectivity index (χ1) is 14.3. The van der Waals surface area contributed by atoms with Crippen molar-refractivity contribution in [2.45, 2.75) is 59.5 Å². The molecule has 2 aromatic rings. The predicted molar refractivity (Wildman–Crippen MR) is 118 cm³/mol.